The number of nitrogens with two attached hydrogens (primary N) is 1. The second-order valence-electron chi connectivity index (χ2n) is 3.82. The SMILES string of the molecule is CC(CN)(CO)c1cccnc1C(F)(F)F. The molecule has 0 fully saturated rings. The monoisotopic (exact) mass is 234 g/mol. The van der Waals surface area contributed by atoms with E-state index in [1.165, 1.54) is 19.1 Å². The first-order valence-corrected chi connectivity index (χ1v) is 4.69. The number of hydrogen-bond acceptors (Lipinski definition) is 3. The molecule has 3 N–H and O–H groups in total. The minimum atomic E-state index is -4.54. The van der Waals surface area contributed by atoms with Gasteiger partial charge in [-0.3, -0.25) is 4.98 Å². The van der Waals surface area contributed by atoms with Crippen molar-refractivity contribution in [2.45, 2.75) is 18.5 Å². The van der Waals surface area contributed by atoms with Gasteiger partial charge in [0, 0.05) is 18.2 Å². The summed E-state index contributed by atoms with van der Waals surface area (Å²) in [5.41, 5.74) is 3.22. The van der Waals surface area contributed by atoms with Crippen molar-refractivity contribution in [1.82, 2.24) is 4.98 Å². The lowest BCUT2D eigenvalue weighted by molar-refractivity contribution is -0.142. The molecule has 0 amide bonds. The number of halogens is 3. The highest BCUT2D eigenvalue weighted by atomic mass is 19.4. The van der Waals surface area contributed by atoms with Gasteiger partial charge in [0.15, 0.2) is 0 Å². The van der Waals surface area contributed by atoms with E-state index in [2.05, 4.69) is 4.98 Å². The number of aliphatic hydroxyl groups excluding tert-OH is 1. The van der Waals surface area contributed by atoms with Gasteiger partial charge in [-0.1, -0.05) is 13.0 Å². The summed E-state index contributed by atoms with van der Waals surface area (Å²) in [7, 11) is 0. The number of alkyl halides is 3. The van der Waals surface area contributed by atoms with E-state index in [0.29, 0.717) is 0 Å². The lowest BCUT2D eigenvalue weighted by Gasteiger charge is -2.28. The van der Waals surface area contributed by atoms with E-state index in [9.17, 15) is 13.2 Å². The summed E-state index contributed by atoms with van der Waals surface area (Å²) in [4.78, 5) is 3.32. The molecule has 0 bridgehead atoms. The molecule has 1 unspecified atom stereocenters. The summed E-state index contributed by atoms with van der Waals surface area (Å²) in [5.74, 6) is 0. The van der Waals surface area contributed by atoms with Gasteiger partial charge in [0.25, 0.3) is 0 Å². The maximum atomic E-state index is 12.7. The molecule has 90 valence electrons. The molecule has 1 atom stereocenters. The predicted molar refractivity (Wildman–Crippen MR) is 52.7 cm³/mol. The Morgan fingerprint density at radius 2 is 2.06 bits per heavy atom. The fourth-order valence-corrected chi connectivity index (χ4v) is 1.38. The summed E-state index contributed by atoms with van der Waals surface area (Å²) >= 11 is 0. The van der Waals surface area contributed by atoms with Gasteiger partial charge in [-0.25, -0.2) is 0 Å². The van der Waals surface area contributed by atoms with Crippen molar-refractivity contribution in [3.63, 3.8) is 0 Å². The Labute approximate surface area is 91.1 Å². The number of pyridine rings is 1. The standard InChI is InChI=1S/C10H13F3N2O/c1-9(5-14,6-16)7-3-2-4-15-8(7)10(11,12)13/h2-4,16H,5-6,14H2,1H3. The number of aromatic nitrogens is 1. The molecular weight excluding hydrogens is 221 g/mol. The first-order chi connectivity index (χ1) is 7.35. The van der Waals surface area contributed by atoms with Gasteiger partial charge in [-0.05, 0) is 11.6 Å². The van der Waals surface area contributed by atoms with E-state index >= 15 is 0 Å². The molecule has 1 rings (SSSR count). The van der Waals surface area contributed by atoms with Crippen LogP contribution in [0, 0.1) is 0 Å². The summed E-state index contributed by atoms with van der Waals surface area (Å²) in [5, 5.41) is 9.15. The molecule has 0 saturated heterocycles. The van der Waals surface area contributed by atoms with Gasteiger partial charge in [0.2, 0.25) is 0 Å². The first kappa shape index (κ1) is 12.9. The van der Waals surface area contributed by atoms with Gasteiger partial charge in [0.1, 0.15) is 5.69 Å². The molecule has 1 aromatic heterocycles. The third kappa shape index (κ3) is 2.33. The molecule has 0 radical (unpaired) electrons. The van der Waals surface area contributed by atoms with Gasteiger partial charge in [0.05, 0.1) is 6.61 Å². The van der Waals surface area contributed by atoms with Crippen molar-refractivity contribution in [3.8, 4) is 0 Å². The van der Waals surface area contributed by atoms with Crippen LogP contribution < -0.4 is 5.73 Å². The molecule has 0 saturated carbocycles. The minimum absolute atomic E-state index is 0.0764. The molecule has 0 aliphatic heterocycles. The van der Waals surface area contributed by atoms with Crippen LogP contribution in [0.15, 0.2) is 18.3 Å². The molecule has 16 heavy (non-hydrogen) atoms. The molecule has 0 aromatic carbocycles. The van der Waals surface area contributed by atoms with Crippen LogP contribution >= 0.6 is 0 Å². The van der Waals surface area contributed by atoms with E-state index in [0.717, 1.165) is 6.20 Å². The van der Waals surface area contributed by atoms with Crippen LogP contribution in [-0.4, -0.2) is 23.2 Å². The van der Waals surface area contributed by atoms with Crippen molar-refractivity contribution < 1.29 is 18.3 Å². The third-order valence-electron chi connectivity index (χ3n) is 2.53. The van der Waals surface area contributed by atoms with Crippen LogP contribution in [0.2, 0.25) is 0 Å². The highest BCUT2D eigenvalue weighted by Gasteiger charge is 2.40. The molecule has 0 aliphatic carbocycles. The Balaban J connectivity index is 3.34. The van der Waals surface area contributed by atoms with Gasteiger partial charge >= 0.3 is 6.18 Å². The Morgan fingerprint density at radius 1 is 1.44 bits per heavy atom. The van der Waals surface area contributed by atoms with Crippen molar-refractivity contribution in [2.75, 3.05) is 13.2 Å². The molecule has 0 spiro atoms. The van der Waals surface area contributed by atoms with E-state index < -0.39 is 23.9 Å². The largest absolute Gasteiger partial charge is 0.433 e. The summed E-state index contributed by atoms with van der Waals surface area (Å²) in [6, 6.07) is 2.69. The maximum absolute atomic E-state index is 12.7. The number of aliphatic hydroxyl groups is 1. The zero-order chi connectivity index (χ0) is 12.4. The molecule has 3 nitrogen and oxygen atoms in total. The van der Waals surface area contributed by atoms with Gasteiger partial charge in [-0.15, -0.1) is 0 Å². The normalized spacial score (nSPS) is 15.9. The van der Waals surface area contributed by atoms with Gasteiger partial charge in [-0.2, -0.15) is 13.2 Å². The molecule has 1 heterocycles. The molecule has 0 aliphatic rings. The molecular formula is C10H13F3N2O. The number of nitrogens with zero attached hydrogens (tertiary/aromatic N) is 1. The zero-order valence-electron chi connectivity index (χ0n) is 8.75. The van der Waals surface area contributed by atoms with E-state index in [-0.39, 0.29) is 12.1 Å². The highest BCUT2D eigenvalue weighted by Crippen LogP contribution is 2.35. The predicted octanol–water partition coefficient (Wildman–Crippen LogP) is 1.31. The van der Waals surface area contributed by atoms with Crippen LogP contribution in [0.4, 0.5) is 13.2 Å². The fourth-order valence-electron chi connectivity index (χ4n) is 1.38. The smallest absolute Gasteiger partial charge is 0.395 e. The van der Waals surface area contributed by atoms with Crippen LogP contribution in [0.1, 0.15) is 18.2 Å². The van der Waals surface area contributed by atoms with Crippen LogP contribution in [0.3, 0.4) is 0 Å². The Bertz CT molecular complexity index is 361. The lowest BCUT2D eigenvalue weighted by Crippen LogP contribution is -2.37. The van der Waals surface area contributed by atoms with Crippen molar-refractivity contribution in [1.29, 1.82) is 0 Å². The molecule has 6 heteroatoms. The molecule has 1 aromatic rings. The van der Waals surface area contributed by atoms with Crippen molar-refractivity contribution in [3.05, 3.63) is 29.6 Å². The Kier molecular flexibility index (Phi) is 3.54. The lowest BCUT2D eigenvalue weighted by atomic mass is 9.82. The minimum Gasteiger partial charge on any atom is -0.395 e. The van der Waals surface area contributed by atoms with Crippen LogP contribution in [0.5, 0.6) is 0 Å². The summed E-state index contributed by atoms with van der Waals surface area (Å²) in [6.07, 6.45) is -3.47. The summed E-state index contributed by atoms with van der Waals surface area (Å²) < 4.78 is 38.0. The third-order valence-corrected chi connectivity index (χ3v) is 2.53. The fraction of sp³-hybridized carbons (Fsp3) is 0.500. The summed E-state index contributed by atoms with van der Waals surface area (Å²) in [6.45, 7) is 0.926. The van der Waals surface area contributed by atoms with E-state index in [4.69, 9.17) is 10.8 Å². The van der Waals surface area contributed by atoms with Crippen LogP contribution in [-0.2, 0) is 11.6 Å². The second kappa shape index (κ2) is 4.39. The van der Waals surface area contributed by atoms with E-state index in [1.807, 2.05) is 0 Å². The topological polar surface area (TPSA) is 59.1 Å². The van der Waals surface area contributed by atoms with E-state index in [1.54, 1.807) is 0 Å². The quantitative estimate of drug-likeness (QED) is 0.829. The Morgan fingerprint density at radius 3 is 2.50 bits per heavy atom. The maximum Gasteiger partial charge on any atom is 0.433 e. The number of hydrogen-bond donors (Lipinski definition) is 2. The average Bonchev–Trinajstić information content (AvgIpc) is 2.27. The highest BCUT2D eigenvalue weighted by molar-refractivity contribution is 5.31. The Hall–Kier alpha value is -1.14. The van der Waals surface area contributed by atoms with Crippen molar-refractivity contribution >= 4 is 0 Å². The van der Waals surface area contributed by atoms with Crippen molar-refractivity contribution in [2.24, 2.45) is 5.73 Å². The second-order valence-corrected chi connectivity index (χ2v) is 3.82. The zero-order valence-corrected chi connectivity index (χ0v) is 8.75. The first-order valence-electron chi connectivity index (χ1n) is 4.69. The van der Waals surface area contributed by atoms with Gasteiger partial charge < -0.3 is 10.8 Å². The number of rotatable bonds is 3. The average molecular weight is 234 g/mol. The van der Waals surface area contributed by atoms with Crippen LogP contribution in [0.25, 0.3) is 0 Å².